The molecule has 0 aromatic heterocycles. The van der Waals surface area contributed by atoms with Crippen LogP contribution in [0.3, 0.4) is 0 Å². The molecular formula is C17H17F2NO4. The van der Waals surface area contributed by atoms with Gasteiger partial charge in [0.1, 0.15) is 17.3 Å². The molecule has 0 aliphatic rings. The first-order valence-electron chi connectivity index (χ1n) is 7.03. The van der Waals surface area contributed by atoms with Gasteiger partial charge in [-0.15, -0.1) is 0 Å². The molecule has 24 heavy (non-hydrogen) atoms. The van der Waals surface area contributed by atoms with E-state index in [1.54, 1.807) is 12.1 Å². The van der Waals surface area contributed by atoms with Crippen molar-refractivity contribution < 1.29 is 27.8 Å². The van der Waals surface area contributed by atoms with Crippen molar-refractivity contribution in [3.63, 3.8) is 0 Å². The van der Waals surface area contributed by atoms with Crippen LogP contribution in [0.25, 0.3) is 0 Å². The van der Waals surface area contributed by atoms with Crippen LogP contribution >= 0.6 is 0 Å². The monoisotopic (exact) mass is 337 g/mol. The summed E-state index contributed by atoms with van der Waals surface area (Å²) in [4.78, 5) is 12.1. The van der Waals surface area contributed by atoms with Crippen molar-refractivity contribution in [3.8, 4) is 17.2 Å². The number of para-hydroxylation sites is 1. The maximum atomic E-state index is 13.6. The number of nitrogens with one attached hydrogen (secondary N) is 1. The van der Waals surface area contributed by atoms with Crippen molar-refractivity contribution in [1.29, 1.82) is 0 Å². The fourth-order valence-electron chi connectivity index (χ4n) is 2.22. The summed E-state index contributed by atoms with van der Waals surface area (Å²) in [6.45, 7) is 0. The molecule has 7 heteroatoms. The average Bonchev–Trinajstić information content (AvgIpc) is 2.57. The second-order valence-corrected chi connectivity index (χ2v) is 4.86. The Bertz CT molecular complexity index is 704. The third-order valence-electron chi connectivity index (χ3n) is 3.32. The molecule has 2 aromatic rings. The van der Waals surface area contributed by atoms with Gasteiger partial charge in [-0.3, -0.25) is 4.79 Å². The van der Waals surface area contributed by atoms with E-state index in [0.29, 0.717) is 22.8 Å². The number of amides is 1. The zero-order chi connectivity index (χ0) is 17.7. The number of carbonyl (C=O) groups is 1. The van der Waals surface area contributed by atoms with Gasteiger partial charge in [0.05, 0.1) is 27.8 Å². The Hall–Kier alpha value is -2.83. The molecule has 1 amide bonds. The lowest BCUT2D eigenvalue weighted by molar-refractivity contribution is -0.115. The first kappa shape index (κ1) is 17.5. The molecule has 0 aliphatic carbocycles. The molecule has 0 spiro atoms. The lowest BCUT2D eigenvalue weighted by atomic mass is 10.1. The number of ether oxygens (including phenoxy) is 3. The third kappa shape index (κ3) is 3.73. The van der Waals surface area contributed by atoms with Gasteiger partial charge in [-0.2, -0.15) is 0 Å². The molecule has 128 valence electrons. The molecule has 0 unspecified atom stereocenters. The number of benzene rings is 2. The van der Waals surface area contributed by atoms with E-state index >= 15 is 0 Å². The summed E-state index contributed by atoms with van der Waals surface area (Å²) in [6.07, 6.45) is -0.121. The molecule has 0 fully saturated rings. The van der Waals surface area contributed by atoms with E-state index < -0.39 is 23.2 Å². The standard InChI is InChI=1S/C17H17F2NO4/c1-22-13-7-10(8-14(23-2)17(13)24-3)9-15(21)20-16-11(18)5-4-6-12(16)19/h4-8H,9H2,1-3H3,(H,20,21). The van der Waals surface area contributed by atoms with Gasteiger partial charge in [0, 0.05) is 0 Å². The minimum atomic E-state index is -0.840. The largest absolute Gasteiger partial charge is 0.493 e. The molecule has 1 N–H and O–H groups in total. The number of hydrogen-bond donors (Lipinski definition) is 1. The van der Waals surface area contributed by atoms with Crippen LogP contribution in [0.15, 0.2) is 30.3 Å². The summed E-state index contributed by atoms with van der Waals surface area (Å²) >= 11 is 0. The van der Waals surface area contributed by atoms with Gasteiger partial charge < -0.3 is 19.5 Å². The molecule has 0 saturated carbocycles. The molecule has 0 bridgehead atoms. The highest BCUT2D eigenvalue weighted by atomic mass is 19.1. The van der Waals surface area contributed by atoms with Crippen LogP contribution in [0, 0.1) is 11.6 Å². The van der Waals surface area contributed by atoms with E-state index in [2.05, 4.69) is 5.32 Å². The van der Waals surface area contributed by atoms with Crippen LogP contribution in [0.2, 0.25) is 0 Å². The van der Waals surface area contributed by atoms with Gasteiger partial charge in [-0.05, 0) is 29.8 Å². The third-order valence-corrected chi connectivity index (χ3v) is 3.32. The summed E-state index contributed by atoms with van der Waals surface area (Å²) in [7, 11) is 4.37. The molecule has 2 rings (SSSR count). The van der Waals surface area contributed by atoms with Crippen molar-refractivity contribution in [3.05, 3.63) is 47.5 Å². The topological polar surface area (TPSA) is 56.8 Å². The SMILES string of the molecule is COc1cc(CC(=O)Nc2c(F)cccc2F)cc(OC)c1OC. The van der Waals surface area contributed by atoms with Gasteiger partial charge in [0.15, 0.2) is 11.5 Å². The minimum Gasteiger partial charge on any atom is -0.493 e. The Balaban J connectivity index is 2.23. The first-order valence-corrected chi connectivity index (χ1v) is 7.03. The Morgan fingerprint density at radius 3 is 2.00 bits per heavy atom. The normalized spacial score (nSPS) is 10.2. The van der Waals surface area contributed by atoms with Crippen LogP contribution in [0.4, 0.5) is 14.5 Å². The highest BCUT2D eigenvalue weighted by Gasteiger charge is 2.16. The van der Waals surface area contributed by atoms with Crippen molar-refractivity contribution in [2.45, 2.75) is 6.42 Å². The Labute approximate surface area is 138 Å². The van der Waals surface area contributed by atoms with E-state index in [1.807, 2.05) is 0 Å². The summed E-state index contributed by atoms with van der Waals surface area (Å²) in [5.41, 5.74) is 0.0636. The smallest absolute Gasteiger partial charge is 0.228 e. The maximum absolute atomic E-state index is 13.6. The fourth-order valence-corrected chi connectivity index (χ4v) is 2.22. The molecule has 0 heterocycles. The van der Waals surface area contributed by atoms with Crippen LogP contribution in [0.5, 0.6) is 17.2 Å². The highest BCUT2D eigenvalue weighted by Crippen LogP contribution is 2.38. The summed E-state index contributed by atoms with van der Waals surface area (Å²) in [6, 6.07) is 6.55. The minimum absolute atomic E-state index is 0.121. The molecule has 2 aromatic carbocycles. The Morgan fingerprint density at radius 1 is 1.00 bits per heavy atom. The van der Waals surface area contributed by atoms with Gasteiger partial charge >= 0.3 is 0 Å². The summed E-state index contributed by atoms with van der Waals surface area (Å²) in [5.74, 6) is -1.09. The number of halogens is 2. The van der Waals surface area contributed by atoms with E-state index in [9.17, 15) is 13.6 Å². The second kappa shape index (κ2) is 7.63. The Kier molecular flexibility index (Phi) is 5.57. The molecule has 0 atom stereocenters. The summed E-state index contributed by atoms with van der Waals surface area (Å²) in [5, 5.41) is 2.23. The number of carbonyl (C=O) groups excluding carboxylic acids is 1. The van der Waals surface area contributed by atoms with Crippen molar-refractivity contribution in [2.75, 3.05) is 26.6 Å². The highest BCUT2D eigenvalue weighted by molar-refractivity contribution is 5.92. The van der Waals surface area contributed by atoms with Crippen molar-refractivity contribution in [2.24, 2.45) is 0 Å². The molecule has 5 nitrogen and oxygen atoms in total. The van der Waals surface area contributed by atoms with Crippen molar-refractivity contribution in [1.82, 2.24) is 0 Å². The predicted molar refractivity (Wildman–Crippen MR) is 84.8 cm³/mol. The van der Waals surface area contributed by atoms with E-state index in [4.69, 9.17) is 14.2 Å². The van der Waals surface area contributed by atoms with Crippen LogP contribution < -0.4 is 19.5 Å². The van der Waals surface area contributed by atoms with Gasteiger partial charge in [0.25, 0.3) is 0 Å². The summed E-state index contributed by atoms with van der Waals surface area (Å²) < 4.78 is 42.7. The van der Waals surface area contributed by atoms with Gasteiger partial charge in [-0.25, -0.2) is 8.78 Å². The second-order valence-electron chi connectivity index (χ2n) is 4.86. The van der Waals surface area contributed by atoms with Crippen molar-refractivity contribution >= 4 is 11.6 Å². The molecule has 0 radical (unpaired) electrons. The van der Waals surface area contributed by atoms with Crippen LogP contribution in [-0.4, -0.2) is 27.2 Å². The van der Waals surface area contributed by atoms with Gasteiger partial charge in [0.2, 0.25) is 11.7 Å². The zero-order valence-corrected chi connectivity index (χ0v) is 13.5. The Morgan fingerprint density at radius 2 is 1.54 bits per heavy atom. The molecular weight excluding hydrogens is 320 g/mol. The first-order chi connectivity index (χ1) is 11.5. The van der Waals surface area contributed by atoms with E-state index in [1.165, 1.54) is 27.4 Å². The average molecular weight is 337 g/mol. The van der Waals surface area contributed by atoms with Crippen LogP contribution in [0.1, 0.15) is 5.56 Å². The van der Waals surface area contributed by atoms with E-state index in [0.717, 1.165) is 12.1 Å². The number of rotatable bonds is 6. The number of anilines is 1. The van der Waals surface area contributed by atoms with Gasteiger partial charge in [-0.1, -0.05) is 6.07 Å². The molecule has 0 aliphatic heterocycles. The lowest BCUT2D eigenvalue weighted by Crippen LogP contribution is -2.16. The predicted octanol–water partition coefficient (Wildman–Crippen LogP) is 3.17. The number of methoxy groups -OCH3 is 3. The zero-order valence-electron chi connectivity index (χ0n) is 13.5. The number of hydrogen-bond acceptors (Lipinski definition) is 4. The fraction of sp³-hybridized carbons (Fsp3) is 0.235. The maximum Gasteiger partial charge on any atom is 0.228 e. The van der Waals surface area contributed by atoms with E-state index in [-0.39, 0.29) is 6.42 Å². The quantitative estimate of drug-likeness (QED) is 0.880. The molecule has 0 saturated heterocycles. The lowest BCUT2D eigenvalue weighted by Gasteiger charge is -2.14. The van der Waals surface area contributed by atoms with Crippen LogP contribution in [-0.2, 0) is 11.2 Å².